The van der Waals surface area contributed by atoms with E-state index in [2.05, 4.69) is 0 Å². The first kappa shape index (κ1) is 15.8. The van der Waals surface area contributed by atoms with Gasteiger partial charge < -0.3 is 14.2 Å². The molecule has 0 radical (unpaired) electrons. The summed E-state index contributed by atoms with van der Waals surface area (Å²) in [5.74, 6) is 0.659. The molecule has 2 rings (SSSR count). The molecule has 5 nitrogen and oxygen atoms in total. The second-order valence-electron chi connectivity index (χ2n) is 5.14. The van der Waals surface area contributed by atoms with Crippen LogP contribution >= 0.6 is 0 Å². The molecule has 0 N–H and O–H groups in total. The third kappa shape index (κ3) is 4.48. The van der Waals surface area contributed by atoms with Crippen LogP contribution in [0.15, 0.2) is 53.5 Å². The highest BCUT2D eigenvalue weighted by Crippen LogP contribution is 2.11. The molecular formula is C17H20N2O3. The molecule has 0 atom stereocenters. The second-order valence-corrected chi connectivity index (χ2v) is 5.14. The molecular weight excluding hydrogens is 280 g/mol. The Kier molecular flexibility index (Phi) is 5.36. The van der Waals surface area contributed by atoms with E-state index in [-0.39, 0.29) is 18.0 Å². The molecule has 0 aliphatic carbocycles. The van der Waals surface area contributed by atoms with Crippen molar-refractivity contribution in [2.45, 2.75) is 13.5 Å². The van der Waals surface area contributed by atoms with Crippen LogP contribution in [0.25, 0.3) is 0 Å². The number of likely N-dealkylation sites (N-methyl/N-ethyl adjacent to an activating group) is 1. The van der Waals surface area contributed by atoms with Crippen molar-refractivity contribution < 1.29 is 9.53 Å². The lowest BCUT2D eigenvalue weighted by Crippen LogP contribution is -2.35. The number of amides is 1. The minimum atomic E-state index is -0.180. The average Bonchev–Trinajstić information content (AvgIpc) is 2.51. The van der Waals surface area contributed by atoms with E-state index in [0.717, 1.165) is 5.75 Å². The minimum Gasteiger partial charge on any atom is -0.492 e. The highest BCUT2D eigenvalue weighted by atomic mass is 16.5. The summed E-state index contributed by atoms with van der Waals surface area (Å²) >= 11 is 0. The van der Waals surface area contributed by atoms with Crippen molar-refractivity contribution in [2.24, 2.45) is 0 Å². The molecule has 22 heavy (non-hydrogen) atoms. The third-order valence-corrected chi connectivity index (χ3v) is 3.35. The summed E-state index contributed by atoms with van der Waals surface area (Å²) in [5.41, 5.74) is 0.994. The fourth-order valence-electron chi connectivity index (χ4n) is 1.92. The number of rotatable bonds is 6. The van der Waals surface area contributed by atoms with Gasteiger partial charge in [-0.3, -0.25) is 9.59 Å². The Morgan fingerprint density at radius 1 is 1.18 bits per heavy atom. The molecule has 0 unspecified atom stereocenters. The molecule has 1 aromatic carbocycles. The van der Waals surface area contributed by atoms with Crippen LogP contribution in [-0.4, -0.2) is 35.6 Å². The van der Waals surface area contributed by atoms with Crippen LogP contribution in [-0.2, 0) is 11.3 Å². The van der Waals surface area contributed by atoms with Crippen LogP contribution < -0.4 is 10.3 Å². The molecule has 0 saturated heterocycles. The maximum absolute atomic E-state index is 12.1. The fraction of sp³-hybridized carbons (Fsp3) is 0.294. The Labute approximate surface area is 129 Å². The van der Waals surface area contributed by atoms with Gasteiger partial charge in [-0.05, 0) is 25.1 Å². The number of hydrogen-bond donors (Lipinski definition) is 0. The zero-order valence-electron chi connectivity index (χ0n) is 12.9. The molecule has 0 spiro atoms. The van der Waals surface area contributed by atoms with Gasteiger partial charge in [-0.1, -0.05) is 23.8 Å². The topological polar surface area (TPSA) is 51.5 Å². The SMILES string of the molecule is Cc1ccc(OCCN(C)C(=O)Cn2ccccc2=O)cc1. The van der Waals surface area contributed by atoms with Gasteiger partial charge >= 0.3 is 0 Å². The number of ether oxygens (including phenoxy) is 1. The number of pyridine rings is 1. The molecule has 0 bridgehead atoms. The van der Waals surface area contributed by atoms with E-state index in [4.69, 9.17) is 4.74 Å². The number of carbonyl (C=O) groups excluding carboxylic acids is 1. The van der Waals surface area contributed by atoms with Gasteiger partial charge in [0.25, 0.3) is 5.56 Å². The summed E-state index contributed by atoms with van der Waals surface area (Å²) in [6, 6.07) is 12.6. The number of carbonyl (C=O) groups is 1. The summed E-state index contributed by atoms with van der Waals surface area (Å²) in [6.07, 6.45) is 1.61. The Hall–Kier alpha value is -2.56. The molecule has 0 aliphatic heterocycles. The fourth-order valence-corrected chi connectivity index (χ4v) is 1.92. The number of aryl methyl sites for hydroxylation is 1. The minimum absolute atomic E-state index is 0.0424. The zero-order chi connectivity index (χ0) is 15.9. The predicted molar refractivity (Wildman–Crippen MR) is 85.0 cm³/mol. The lowest BCUT2D eigenvalue weighted by Gasteiger charge is -2.18. The average molecular weight is 300 g/mol. The first-order valence-corrected chi connectivity index (χ1v) is 7.15. The first-order valence-electron chi connectivity index (χ1n) is 7.15. The molecule has 5 heteroatoms. The van der Waals surface area contributed by atoms with E-state index in [1.54, 1.807) is 30.3 Å². The van der Waals surface area contributed by atoms with Gasteiger partial charge in [-0.25, -0.2) is 0 Å². The summed E-state index contributed by atoms with van der Waals surface area (Å²) in [4.78, 5) is 25.2. The first-order chi connectivity index (χ1) is 10.6. The lowest BCUT2D eigenvalue weighted by molar-refractivity contribution is -0.130. The molecule has 2 aromatic rings. The van der Waals surface area contributed by atoms with Crippen molar-refractivity contribution in [1.29, 1.82) is 0 Å². The maximum Gasteiger partial charge on any atom is 0.250 e. The van der Waals surface area contributed by atoms with Crippen molar-refractivity contribution in [3.63, 3.8) is 0 Å². The quantitative estimate of drug-likeness (QED) is 0.816. The van der Waals surface area contributed by atoms with Gasteiger partial charge in [-0.2, -0.15) is 0 Å². The monoisotopic (exact) mass is 300 g/mol. The van der Waals surface area contributed by atoms with E-state index in [9.17, 15) is 9.59 Å². The van der Waals surface area contributed by atoms with E-state index in [0.29, 0.717) is 13.2 Å². The maximum atomic E-state index is 12.1. The van der Waals surface area contributed by atoms with Crippen LogP contribution in [0.3, 0.4) is 0 Å². The molecule has 0 aliphatic rings. The van der Waals surface area contributed by atoms with E-state index in [1.807, 2.05) is 31.2 Å². The zero-order valence-corrected chi connectivity index (χ0v) is 12.9. The standard InChI is InChI=1S/C17H20N2O3/c1-14-6-8-15(9-7-14)22-12-11-18(2)17(21)13-19-10-4-3-5-16(19)20/h3-10H,11-13H2,1-2H3. The highest BCUT2D eigenvalue weighted by molar-refractivity contribution is 5.75. The molecule has 1 amide bonds. The highest BCUT2D eigenvalue weighted by Gasteiger charge is 2.10. The van der Waals surface area contributed by atoms with Crippen LogP contribution in [0.4, 0.5) is 0 Å². The second kappa shape index (κ2) is 7.45. The molecule has 116 valence electrons. The smallest absolute Gasteiger partial charge is 0.250 e. The van der Waals surface area contributed by atoms with Gasteiger partial charge in [0.1, 0.15) is 18.9 Å². The van der Waals surface area contributed by atoms with Gasteiger partial charge in [-0.15, -0.1) is 0 Å². The van der Waals surface area contributed by atoms with Crippen LogP contribution in [0.5, 0.6) is 5.75 Å². The van der Waals surface area contributed by atoms with Gasteiger partial charge in [0, 0.05) is 19.3 Å². The number of nitrogens with zero attached hydrogens (tertiary/aromatic N) is 2. The van der Waals surface area contributed by atoms with Crippen molar-refractivity contribution in [3.05, 3.63) is 64.6 Å². The summed E-state index contributed by atoms with van der Waals surface area (Å²) in [5, 5.41) is 0. The van der Waals surface area contributed by atoms with Crippen molar-refractivity contribution >= 4 is 5.91 Å². The normalized spacial score (nSPS) is 10.3. The van der Waals surface area contributed by atoms with Crippen molar-refractivity contribution in [3.8, 4) is 5.75 Å². The molecule has 0 saturated carbocycles. The Morgan fingerprint density at radius 3 is 2.59 bits per heavy atom. The lowest BCUT2D eigenvalue weighted by atomic mass is 10.2. The Bertz CT molecular complexity index is 677. The van der Waals surface area contributed by atoms with Gasteiger partial charge in [0.15, 0.2) is 0 Å². The summed E-state index contributed by atoms with van der Waals surface area (Å²) < 4.78 is 6.98. The van der Waals surface area contributed by atoms with E-state index < -0.39 is 0 Å². The molecule has 0 fully saturated rings. The van der Waals surface area contributed by atoms with Crippen molar-refractivity contribution in [2.75, 3.05) is 20.2 Å². The third-order valence-electron chi connectivity index (χ3n) is 3.35. The Morgan fingerprint density at radius 2 is 1.91 bits per heavy atom. The summed E-state index contributed by atoms with van der Waals surface area (Å²) in [7, 11) is 1.70. The van der Waals surface area contributed by atoms with Crippen LogP contribution in [0.2, 0.25) is 0 Å². The molecule has 1 aromatic heterocycles. The van der Waals surface area contributed by atoms with E-state index in [1.165, 1.54) is 16.2 Å². The summed E-state index contributed by atoms with van der Waals surface area (Å²) in [6.45, 7) is 2.94. The predicted octanol–water partition coefficient (Wildman–Crippen LogP) is 1.69. The number of benzene rings is 1. The van der Waals surface area contributed by atoms with Crippen molar-refractivity contribution in [1.82, 2.24) is 9.47 Å². The largest absolute Gasteiger partial charge is 0.492 e. The van der Waals surface area contributed by atoms with Gasteiger partial charge in [0.05, 0.1) is 6.54 Å². The Balaban J connectivity index is 1.80. The van der Waals surface area contributed by atoms with E-state index >= 15 is 0 Å². The van der Waals surface area contributed by atoms with Crippen LogP contribution in [0, 0.1) is 6.92 Å². The van der Waals surface area contributed by atoms with Gasteiger partial charge in [0.2, 0.25) is 5.91 Å². The number of hydrogen-bond acceptors (Lipinski definition) is 3. The van der Waals surface area contributed by atoms with Crippen LogP contribution in [0.1, 0.15) is 5.56 Å². The molecule has 1 heterocycles. The number of aromatic nitrogens is 1.